The maximum atomic E-state index is 13.0. The quantitative estimate of drug-likeness (QED) is 0.805. The Balaban J connectivity index is 2.64. The van der Waals surface area contributed by atoms with Crippen LogP contribution >= 0.6 is 0 Å². The first-order valence-corrected chi connectivity index (χ1v) is 5.58. The van der Waals surface area contributed by atoms with E-state index in [1.165, 1.54) is 18.2 Å². The van der Waals surface area contributed by atoms with Gasteiger partial charge in [-0.1, -0.05) is 11.6 Å². The third-order valence-corrected chi connectivity index (χ3v) is 2.88. The Kier molecular flexibility index (Phi) is 3.25. The molecular formula is C13H11F3O4. The van der Waals surface area contributed by atoms with Crippen LogP contribution in [0.2, 0.25) is 0 Å². The molecule has 0 aromatic heterocycles. The highest BCUT2D eigenvalue weighted by Gasteiger charge is 2.63. The molecule has 1 aromatic carbocycles. The van der Waals surface area contributed by atoms with Crippen LogP contribution in [0, 0.1) is 6.92 Å². The van der Waals surface area contributed by atoms with E-state index in [-0.39, 0.29) is 11.3 Å². The van der Waals surface area contributed by atoms with E-state index in [1.807, 2.05) is 0 Å². The number of carbonyl (C=O) groups excluding carboxylic acids is 1. The lowest BCUT2D eigenvalue weighted by atomic mass is 9.97. The Hall–Kier alpha value is -2.02. The molecule has 0 aliphatic carbocycles. The van der Waals surface area contributed by atoms with Crippen molar-refractivity contribution < 1.29 is 32.5 Å². The van der Waals surface area contributed by atoms with Crippen LogP contribution < -0.4 is 4.74 Å². The normalized spacial score (nSPS) is 21.6. The SMILES string of the molecule is COC(=O)C1=Cc2cc(C)ccc2OC1(O)C(F)(F)F. The fraction of sp³-hybridized carbons (Fsp3) is 0.308. The van der Waals surface area contributed by atoms with Gasteiger partial charge in [0.25, 0.3) is 0 Å². The number of halogens is 3. The summed E-state index contributed by atoms with van der Waals surface area (Å²) in [7, 11) is 0.922. The van der Waals surface area contributed by atoms with Gasteiger partial charge >= 0.3 is 17.9 Å². The molecule has 0 bridgehead atoms. The first-order chi connectivity index (χ1) is 9.19. The number of hydrogen-bond donors (Lipinski definition) is 1. The molecule has 0 fully saturated rings. The summed E-state index contributed by atoms with van der Waals surface area (Å²) in [5.74, 6) is -5.19. The molecule has 1 unspecified atom stereocenters. The zero-order valence-electron chi connectivity index (χ0n) is 10.6. The third-order valence-electron chi connectivity index (χ3n) is 2.88. The van der Waals surface area contributed by atoms with Crippen LogP contribution in [0.15, 0.2) is 23.8 Å². The van der Waals surface area contributed by atoms with Crippen molar-refractivity contribution in [3.63, 3.8) is 0 Å². The zero-order valence-corrected chi connectivity index (χ0v) is 10.6. The van der Waals surface area contributed by atoms with Crippen molar-refractivity contribution in [1.29, 1.82) is 0 Å². The summed E-state index contributed by atoms with van der Waals surface area (Å²) < 4.78 is 48.0. The summed E-state index contributed by atoms with van der Waals surface area (Å²) >= 11 is 0. The van der Waals surface area contributed by atoms with E-state index in [9.17, 15) is 23.1 Å². The average Bonchev–Trinajstić information content (AvgIpc) is 2.36. The van der Waals surface area contributed by atoms with Gasteiger partial charge in [-0.3, -0.25) is 0 Å². The van der Waals surface area contributed by atoms with Crippen molar-refractivity contribution >= 4 is 12.0 Å². The fourth-order valence-electron chi connectivity index (χ4n) is 1.86. The minimum Gasteiger partial charge on any atom is -0.465 e. The van der Waals surface area contributed by atoms with E-state index in [1.54, 1.807) is 6.92 Å². The number of hydrogen-bond acceptors (Lipinski definition) is 4. The first kappa shape index (κ1) is 14.4. The van der Waals surface area contributed by atoms with Crippen LogP contribution in [-0.2, 0) is 9.53 Å². The van der Waals surface area contributed by atoms with Crippen molar-refractivity contribution in [1.82, 2.24) is 0 Å². The molecule has 1 atom stereocenters. The minimum absolute atomic E-state index is 0.164. The lowest BCUT2D eigenvalue weighted by molar-refractivity contribution is -0.316. The maximum Gasteiger partial charge on any atom is 0.460 e. The van der Waals surface area contributed by atoms with E-state index in [4.69, 9.17) is 0 Å². The highest BCUT2D eigenvalue weighted by molar-refractivity contribution is 5.97. The second-order valence-corrected chi connectivity index (χ2v) is 4.33. The van der Waals surface area contributed by atoms with Gasteiger partial charge in [0.15, 0.2) is 0 Å². The molecule has 1 aliphatic rings. The van der Waals surface area contributed by atoms with Gasteiger partial charge in [-0.05, 0) is 25.1 Å². The topological polar surface area (TPSA) is 55.8 Å². The molecule has 1 aliphatic heterocycles. The Morgan fingerprint density at radius 1 is 1.40 bits per heavy atom. The van der Waals surface area contributed by atoms with Crippen molar-refractivity contribution in [2.24, 2.45) is 0 Å². The maximum absolute atomic E-state index is 13.0. The molecule has 1 N–H and O–H groups in total. The molecule has 0 amide bonds. The zero-order chi connectivity index (χ0) is 15.1. The van der Waals surface area contributed by atoms with Gasteiger partial charge in [0.05, 0.1) is 7.11 Å². The van der Waals surface area contributed by atoms with Gasteiger partial charge in [0.1, 0.15) is 11.3 Å². The number of carbonyl (C=O) groups is 1. The molecule has 2 rings (SSSR count). The molecule has 1 aromatic rings. The number of fused-ring (bicyclic) bond motifs is 1. The molecule has 108 valence electrons. The van der Waals surface area contributed by atoms with Crippen LogP contribution in [0.5, 0.6) is 5.75 Å². The van der Waals surface area contributed by atoms with E-state index in [0.717, 1.165) is 18.7 Å². The molecule has 20 heavy (non-hydrogen) atoms. The van der Waals surface area contributed by atoms with Gasteiger partial charge in [-0.2, -0.15) is 13.2 Å². The summed E-state index contributed by atoms with van der Waals surface area (Å²) in [5.41, 5.74) is 0.0233. The molecule has 0 spiro atoms. The van der Waals surface area contributed by atoms with Gasteiger partial charge in [0.2, 0.25) is 0 Å². The number of methoxy groups -OCH3 is 1. The van der Waals surface area contributed by atoms with E-state index < -0.39 is 23.5 Å². The van der Waals surface area contributed by atoms with E-state index >= 15 is 0 Å². The number of aryl methyl sites for hydroxylation is 1. The summed E-state index contributed by atoms with van der Waals surface area (Å²) in [5, 5.41) is 9.77. The van der Waals surface area contributed by atoms with Gasteiger partial charge in [-0.25, -0.2) is 4.79 Å². The van der Waals surface area contributed by atoms with Gasteiger partial charge in [-0.15, -0.1) is 0 Å². The van der Waals surface area contributed by atoms with Crippen LogP contribution in [-0.4, -0.2) is 30.1 Å². The molecular weight excluding hydrogens is 277 g/mol. The number of ether oxygens (including phenoxy) is 2. The standard InChI is InChI=1S/C13H11F3O4/c1-7-3-4-10-8(5-7)6-9(11(17)19-2)12(18,20-10)13(14,15)16/h3-6,18H,1-2H3. The third kappa shape index (κ3) is 2.14. The molecule has 0 radical (unpaired) electrons. The summed E-state index contributed by atoms with van der Waals surface area (Å²) in [6.45, 7) is 1.73. The number of benzene rings is 1. The van der Waals surface area contributed by atoms with E-state index in [0.29, 0.717) is 0 Å². The van der Waals surface area contributed by atoms with Crippen LogP contribution in [0.1, 0.15) is 11.1 Å². The Morgan fingerprint density at radius 3 is 2.60 bits per heavy atom. The van der Waals surface area contributed by atoms with Crippen molar-refractivity contribution in [2.45, 2.75) is 18.9 Å². The second-order valence-electron chi connectivity index (χ2n) is 4.33. The predicted octanol–water partition coefficient (Wildman–Crippen LogP) is 2.19. The highest BCUT2D eigenvalue weighted by atomic mass is 19.4. The van der Waals surface area contributed by atoms with Crippen molar-refractivity contribution in [3.05, 3.63) is 34.9 Å². The molecule has 0 saturated carbocycles. The summed E-state index contributed by atoms with van der Waals surface area (Å²) in [4.78, 5) is 11.5. The summed E-state index contributed by atoms with van der Waals surface area (Å²) in [6.07, 6.45) is -4.26. The molecule has 1 heterocycles. The highest BCUT2D eigenvalue weighted by Crippen LogP contribution is 2.44. The number of aliphatic hydroxyl groups is 1. The fourth-order valence-corrected chi connectivity index (χ4v) is 1.86. The largest absolute Gasteiger partial charge is 0.465 e. The average molecular weight is 288 g/mol. The van der Waals surface area contributed by atoms with Crippen LogP contribution in [0.3, 0.4) is 0 Å². The van der Waals surface area contributed by atoms with E-state index in [2.05, 4.69) is 9.47 Å². The van der Waals surface area contributed by atoms with Crippen molar-refractivity contribution in [3.8, 4) is 5.75 Å². The van der Waals surface area contributed by atoms with Crippen LogP contribution in [0.4, 0.5) is 13.2 Å². The smallest absolute Gasteiger partial charge is 0.460 e. The summed E-state index contributed by atoms with van der Waals surface area (Å²) in [6, 6.07) is 4.37. The lowest BCUT2D eigenvalue weighted by Gasteiger charge is -2.34. The molecule has 4 nitrogen and oxygen atoms in total. The number of rotatable bonds is 1. The molecule has 0 saturated heterocycles. The van der Waals surface area contributed by atoms with Gasteiger partial charge < -0.3 is 14.6 Å². The monoisotopic (exact) mass is 288 g/mol. The Labute approximate surface area is 112 Å². The lowest BCUT2D eigenvalue weighted by Crippen LogP contribution is -2.54. The second kappa shape index (κ2) is 4.52. The minimum atomic E-state index is -5.18. The predicted molar refractivity (Wildman–Crippen MR) is 62.8 cm³/mol. The van der Waals surface area contributed by atoms with Crippen LogP contribution in [0.25, 0.3) is 6.08 Å². The Bertz CT molecular complexity index is 592. The van der Waals surface area contributed by atoms with Crippen molar-refractivity contribution in [2.75, 3.05) is 7.11 Å². The number of alkyl halides is 3. The Morgan fingerprint density at radius 2 is 2.05 bits per heavy atom. The first-order valence-electron chi connectivity index (χ1n) is 5.58. The number of esters is 1. The van der Waals surface area contributed by atoms with Gasteiger partial charge in [0, 0.05) is 5.56 Å². The molecule has 7 heteroatoms.